The predicted octanol–water partition coefficient (Wildman–Crippen LogP) is 3.66. The van der Waals surface area contributed by atoms with E-state index in [1.54, 1.807) is 13.2 Å². The number of carboxylic acids is 1. The molecule has 178 valence electrons. The van der Waals surface area contributed by atoms with Crippen molar-refractivity contribution in [2.24, 2.45) is 5.41 Å². The molecule has 1 fully saturated rings. The molecule has 2 aromatic rings. The lowest BCUT2D eigenvalue weighted by molar-refractivity contribution is 0.0691. The molecule has 1 unspecified atom stereocenters. The Morgan fingerprint density at radius 1 is 1.30 bits per heavy atom. The van der Waals surface area contributed by atoms with Crippen LogP contribution in [-0.2, 0) is 4.74 Å². The van der Waals surface area contributed by atoms with E-state index < -0.39 is 34.2 Å². The van der Waals surface area contributed by atoms with E-state index in [-0.39, 0.29) is 12.5 Å². The van der Waals surface area contributed by atoms with E-state index in [2.05, 4.69) is 4.98 Å². The number of fused-ring (bicyclic) bond motifs is 3. The molecule has 1 aliphatic carbocycles. The van der Waals surface area contributed by atoms with Crippen molar-refractivity contribution in [3.8, 4) is 28.6 Å². The second kappa shape index (κ2) is 8.70. The molecule has 0 aromatic carbocycles. The Bertz CT molecular complexity index is 1130. The number of aromatic carboxylic acids is 1. The summed E-state index contributed by atoms with van der Waals surface area (Å²) in [6, 6.07) is 1.79. The Morgan fingerprint density at radius 2 is 2.03 bits per heavy atom. The van der Waals surface area contributed by atoms with Gasteiger partial charge < -0.3 is 29.4 Å². The monoisotopic (exact) mass is 458 g/mol. The van der Waals surface area contributed by atoms with E-state index >= 15 is 0 Å². The maximum atomic E-state index is 12.6. The molecular formula is C24H30N2O7. The molecule has 0 bridgehead atoms. The molecule has 9 heteroatoms. The quantitative estimate of drug-likeness (QED) is 0.536. The molecule has 1 aliphatic heterocycles. The molecule has 33 heavy (non-hydrogen) atoms. The number of aromatic nitrogens is 2. The average molecular weight is 459 g/mol. The summed E-state index contributed by atoms with van der Waals surface area (Å²) in [6.45, 7) is 7.14. The van der Waals surface area contributed by atoms with Crippen LogP contribution in [0.4, 0.5) is 0 Å². The van der Waals surface area contributed by atoms with E-state index in [1.165, 1.54) is 0 Å². The third-order valence-corrected chi connectivity index (χ3v) is 6.17. The zero-order chi connectivity index (χ0) is 23.9. The second-order valence-corrected chi connectivity index (χ2v) is 9.69. The number of pyridine rings is 2. The Morgan fingerprint density at radius 3 is 2.64 bits per heavy atom. The first kappa shape index (κ1) is 23.1. The first-order valence-electron chi connectivity index (χ1n) is 11.2. The van der Waals surface area contributed by atoms with Crippen LogP contribution < -0.4 is 15.0 Å². The minimum atomic E-state index is -1.49. The van der Waals surface area contributed by atoms with E-state index in [0.29, 0.717) is 41.7 Å². The van der Waals surface area contributed by atoms with Crippen LogP contribution in [0.2, 0.25) is 0 Å². The van der Waals surface area contributed by atoms with Crippen molar-refractivity contribution in [3.63, 3.8) is 0 Å². The number of aromatic hydroxyl groups is 1. The Hall–Kier alpha value is -3.07. The number of rotatable bonds is 7. The van der Waals surface area contributed by atoms with Crippen molar-refractivity contribution in [3.05, 3.63) is 33.2 Å². The molecule has 3 N–H and O–H groups in total. The summed E-state index contributed by atoms with van der Waals surface area (Å²) >= 11 is 0. The van der Waals surface area contributed by atoms with Crippen LogP contribution in [0, 0.1) is 5.41 Å². The van der Waals surface area contributed by atoms with Gasteiger partial charge in [0, 0.05) is 43.6 Å². The van der Waals surface area contributed by atoms with Crippen LogP contribution >= 0.6 is 0 Å². The van der Waals surface area contributed by atoms with Crippen molar-refractivity contribution in [2.45, 2.75) is 51.9 Å². The molecule has 9 nitrogen and oxygen atoms in total. The number of carboxylic acid groups (broad SMARTS) is 1. The van der Waals surface area contributed by atoms with Gasteiger partial charge in [-0.1, -0.05) is 20.8 Å². The van der Waals surface area contributed by atoms with E-state index in [9.17, 15) is 19.8 Å². The lowest BCUT2D eigenvalue weighted by Gasteiger charge is -2.31. The zero-order valence-electron chi connectivity index (χ0n) is 19.4. The number of methoxy groups -OCH3 is 1. The topological polar surface area (TPSA) is 131 Å². The van der Waals surface area contributed by atoms with Gasteiger partial charge in [-0.3, -0.25) is 4.79 Å². The van der Waals surface area contributed by atoms with Crippen LogP contribution in [0.1, 0.15) is 73.5 Å². The van der Waals surface area contributed by atoms with Crippen molar-refractivity contribution in [1.82, 2.24) is 9.97 Å². The van der Waals surface area contributed by atoms with Gasteiger partial charge in [0.25, 0.3) is 5.56 Å². The number of nitrogens with zero attached hydrogens (tertiary/aromatic N) is 1. The Labute approximate surface area is 191 Å². The lowest BCUT2D eigenvalue weighted by atomic mass is 9.75. The summed E-state index contributed by atoms with van der Waals surface area (Å²) in [5.41, 5.74) is -0.170. The van der Waals surface area contributed by atoms with Crippen LogP contribution in [-0.4, -0.2) is 53.1 Å². The Kier molecular flexibility index (Phi) is 6.09. The molecular weight excluding hydrogens is 428 g/mol. The van der Waals surface area contributed by atoms with Gasteiger partial charge in [-0.05, 0) is 18.3 Å². The molecule has 0 saturated heterocycles. The van der Waals surface area contributed by atoms with Crippen LogP contribution in [0.3, 0.4) is 0 Å². The highest BCUT2D eigenvalue weighted by Crippen LogP contribution is 2.51. The molecule has 1 atom stereocenters. The van der Waals surface area contributed by atoms with Crippen molar-refractivity contribution in [1.29, 1.82) is 0 Å². The summed E-state index contributed by atoms with van der Waals surface area (Å²) in [6.07, 6.45) is 2.70. The van der Waals surface area contributed by atoms with Gasteiger partial charge in [-0.25, -0.2) is 9.78 Å². The number of ether oxygens (including phenoxy) is 3. The third-order valence-electron chi connectivity index (χ3n) is 6.17. The molecule has 0 spiro atoms. The number of hydrogen-bond acceptors (Lipinski definition) is 7. The summed E-state index contributed by atoms with van der Waals surface area (Å²) in [5.74, 6) is -1.11. The number of nitrogens with one attached hydrogen (secondary N) is 1. The average Bonchev–Trinajstić information content (AvgIpc) is 3.57. The molecule has 0 radical (unpaired) electrons. The lowest BCUT2D eigenvalue weighted by Crippen LogP contribution is -2.27. The van der Waals surface area contributed by atoms with E-state index in [4.69, 9.17) is 19.2 Å². The first-order chi connectivity index (χ1) is 15.6. The van der Waals surface area contributed by atoms with Crippen molar-refractivity contribution < 1.29 is 29.2 Å². The fourth-order valence-corrected chi connectivity index (χ4v) is 4.20. The maximum absolute atomic E-state index is 12.6. The van der Waals surface area contributed by atoms with Crippen LogP contribution in [0.15, 0.2) is 10.9 Å². The van der Waals surface area contributed by atoms with Crippen LogP contribution in [0.5, 0.6) is 17.2 Å². The molecule has 4 rings (SSSR count). The van der Waals surface area contributed by atoms with Gasteiger partial charge in [0.05, 0.1) is 24.6 Å². The van der Waals surface area contributed by atoms with E-state index in [1.807, 2.05) is 20.8 Å². The molecule has 3 heterocycles. The fraction of sp³-hybridized carbons (Fsp3) is 0.542. The smallest absolute Gasteiger partial charge is 0.345 e. The zero-order valence-corrected chi connectivity index (χ0v) is 19.4. The third kappa shape index (κ3) is 4.42. The molecule has 2 aromatic heterocycles. The fourth-order valence-electron chi connectivity index (χ4n) is 4.20. The Balaban J connectivity index is 1.90. The number of hydrogen-bond donors (Lipinski definition) is 3. The largest absolute Gasteiger partial charge is 0.506 e. The van der Waals surface area contributed by atoms with Crippen molar-refractivity contribution in [2.75, 3.05) is 26.9 Å². The second-order valence-electron chi connectivity index (χ2n) is 9.69. The molecule has 0 amide bonds. The minimum Gasteiger partial charge on any atom is -0.506 e. The van der Waals surface area contributed by atoms with Gasteiger partial charge in [0.15, 0.2) is 11.3 Å². The highest BCUT2D eigenvalue weighted by Gasteiger charge is 2.39. The highest BCUT2D eigenvalue weighted by molar-refractivity contribution is 5.92. The SMILES string of the molecule is COCCCOc1cc2c(nc1C1CC1)-c1[nH]c(=O)c(C(=O)O)c(O)c1C(C(C)(C)C)CO2. The van der Waals surface area contributed by atoms with Crippen molar-refractivity contribution >= 4 is 5.97 Å². The van der Waals surface area contributed by atoms with Gasteiger partial charge >= 0.3 is 5.97 Å². The summed E-state index contributed by atoms with van der Waals surface area (Å²) in [4.78, 5) is 31.9. The van der Waals surface area contributed by atoms with E-state index in [0.717, 1.165) is 25.0 Å². The maximum Gasteiger partial charge on any atom is 0.345 e. The molecule has 1 saturated carbocycles. The predicted molar refractivity (Wildman–Crippen MR) is 121 cm³/mol. The molecule has 2 aliphatic rings. The number of aromatic amines is 1. The van der Waals surface area contributed by atoms with Gasteiger partial charge in [-0.15, -0.1) is 0 Å². The standard InChI is InChI=1S/C24H30N2O7/c1-24(2,3)13-11-33-15-10-14(32-9-5-8-31-4)18(12-6-7-12)25-19(15)20-16(13)21(27)17(23(29)30)22(28)26-20/h10,12-13H,5-9,11H2,1-4H3,(H,29,30)(H2,26,27,28). The number of carbonyl (C=O) groups is 1. The first-order valence-corrected chi connectivity index (χ1v) is 11.2. The highest BCUT2D eigenvalue weighted by atomic mass is 16.5. The number of H-pyrrole nitrogens is 1. The van der Waals surface area contributed by atoms with Gasteiger partial charge in [0.2, 0.25) is 0 Å². The summed E-state index contributed by atoms with van der Waals surface area (Å²) in [5, 5.41) is 20.5. The summed E-state index contributed by atoms with van der Waals surface area (Å²) < 4.78 is 17.2. The normalized spacial score (nSPS) is 17.5. The van der Waals surface area contributed by atoms with Gasteiger partial charge in [-0.2, -0.15) is 0 Å². The minimum absolute atomic E-state index is 0.176. The summed E-state index contributed by atoms with van der Waals surface area (Å²) in [7, 11) is 1.64. The van der Waals surface area contributed by atoms with Crippen LogP contribution in [0.25, 0.3) is 11.4 Å². The van der Waals surface area contributed by atoms with Gasteiger partial charge in [0.1, 0.15) is 17.2 Å².